The molecule has 0 fully saturated rings. The van der Waals surface area contributed by atoms with Gasteiger partial charge in [0.15, 0.2) is 5.12 Å². The molecular weight excluding hydrogens is 453 g/mol. The first-order valence-electron chi connectivity index (χ1n) is 10.3. The van der Waals surface area contributed by atoms with Crippen molar-refractivity contribution in [3.05, 3.63) is 42.5 Å². The van der Waals surface area contributed by atoms with Crippen molar-refractivity contribution >= 4 is 67.6 Å². The number of pyridine rings is 1. The van der Waals surface area contributed by atoms with Crippen LogP contribution in [0.25, 0.3) is 21.8 Å². The summed E-state index contributed by atoms with van der Waals surface area (Å²) >= 11 is 13.0. The van der Waals surface area contributed by atoms with E-state index in [1.165, 1.54) is 11.8 Å². The van der Waals surface area contributed by atoms with Crippen LogP contribution in [0.1, 0.15) is 6.42 Å². The van der Waals surface area contributed by atoms with E-state index in [1.807, 2.05) is 42.5 Å². The molecule has 0 saturated heterocycles. The molecule has 1 aromatic heterocycles. The van der Waals surface area contributed by atoms with Gasteiger partial charge >= 0.3 is 0 Å². The number of carbonyl (C=O) groups excluding carboxylic acids is 1. The molecule has 0 bridgehead atoms. The number of fused-ring (bicyclic) bond motifs is 2. The molecule has 166 valence electrons. The molecule has 0 unspecified atom stereocenters. The standard InChI is InChI=1S/C23H27Cl2N3O2S/c1-30-17-6-7-21-19(16-17)23(18-4-2-3-5-20(18)27-21)26-11-8-22(29)31-15-14-28(12-9-24)13-10-25/h2-7,16H,8-15H2,1H3,(H,26,27). The van der Waals surface area contributed by atoms with Crippen molar-refractivity contribution in [2.24, 2.45) is 0 Å². The van der Waals surface area contributed by atoms with Crippen molar-refractivity contribution in [1.29, 1.82) is 0 Å². The largest absolute Gasteiger partial charge is 0.497 e. The number of hydrogen-bond donors (Lipinski definition) is 1. The number of halogens is 2. The van der Waals surface area contributed by atoms with E-state index in [1.54, 1.807) is 7.11 Å². The van der Waals surface area contributed by atoms with E-state index in [-0.39, 0.29) is 5.12 Å². The summed E-state index contributed by atoms with van der Waals surface area (Å²) in [5.41, 5.74) is 2.79. The molecule has 3 rings (SSSR count). The Kier molecular flexibility index (Phi) is 9.53. The van der Waals surface area contributed by atoms with Gasteiger partial charge in [-0.15, -0.1) is 23.2 Å². The van der Waals surface area contributed by atoms with Gasteiger partial charge in [0.2, 0.25) is 0 Å². The van der Waals surface area contributed by atoms with Crippen molar-refractivity contribution in [1.82, 2.24) is 9.88 Å². The fraction of sp³-hybridized carbons (Fsp3) is 0.391. The molecule has 0 saturated carbocycles. The fourth-order valence-corrected chi connectivity index (χ4v) is 4.71. The van der Waals surface area contributed by atoms with Gasteiger partial charge in [-0.05, 0) is 24.3 Å². The van der Waals surface area contributed by atoms with Crippen LogP contribution in [0, 0.1) is 0 Å². The zero-order chi connectivity index (χ0) is 22.1. The molecule has 31 heavy (non-hydrogen) atoms. The number of para-hydroxylation sites is 1. The van der Waals surface area contributed by atoms with Gasteiger partial charge in [0, 0.05) is 60.9 Å². The van der Waals surface area contributed by atoms with Crippen LogP contribution >= 0.6 is 35.0 Å². The number of benzene rings is 2. The first-order valence-corrected chi connectivity index (χ1v) is 12.3. The third-order valence-electron chi connectivity index (χ3n) is 4.99. The number of ether oxygens (including phenoxy) is 1. The highest BCUT2D eigenvalue weighted by Crippen LogP contribution is 2.33. The molecule has 0 amide bonds. The number of carbonyl (C=O) groups is 1. The molecule has 1 N–H and O–H groups in total. The van der Waals surface area contributed by atoms with Gasteiger partial charge in [-0.25, -0.2) is 4.98 Å². The average Bonchev–Trinajstić information content (AvgIpc) is 2.78. The van der Waals surface area contributed by atoms with Gasteiger partial charge in [0.1, 0.15) is 5.75 Å². The van der Waals surface area contributed by atoms with Crippen LogP contribution in [0.3, 0.4) is 0 Å². The molecule has 0 atom stereocenters. The minimum absolute atomic E-state index is 0.171. The maximum Gasteiger partial charge on any atom is 0.190 e. The Morgan fingerprint density at radius 2 is 1.81 bits per heavy atom. The lowest BCUT2D eigenvalue weighted by molar-refractivity contribution is -0.110. The van der Waals surface area contributed by atoms with Crippen LogP contribution in [-0.2, 0) is 4.79 Å². The molecule has 0 radical (unpaired) electrons. The number of thioether (sulfide) groups is 1. The first-order chi connectivity index (χ1) is 15.2. The van der Waals surface area contributed by atoms with Crippen LogP contribution in [-0.4, -0.2) is 65.8 Å². The van der Waals surface area contributed by atoms with E-state index < -0.39 is 0 Å². The molecule has 1 heterocycles. The lowest BCUT2D eigenvalue weighted by atomic mass is 10.1. The lowest BCUT2D eigenvalue weighted by Gasteiger charge is -2.19. The molecule has 0 aliphatic heterocycles. The number of hydrogen-bond acceptors (Lipinski definition) is 6. The molecule has 5 nitrogen and oxygen atoms in total. The number of nitrogens with one attached hydrogen (secondary N) is 1. The normalized spacial score (nSPS) is 11.4. The molecule has 2 aromatic carbocycles. The zero-order valence-electron chi connectivity index (χ0n) is 17.6. The summed E-state index contributed by atoms with van der Waals surface area (Å²) in [6.07, 6.45) is 0.442. The van der Waals surface area contributed by atoms with Crippen molar-refractivity contribution in [2.45, 2.75) is 6.42 Å². The van der Waals surface area contributed by atoms with Gasteiger partial charge in [-0.1, -0.05) is 30.0 Å². The second kappa shape index (κ2) is 12.3. The van der Waals surface area contributed by atoms with Gasteiger partial charge in [0.05, 0.1) is 23.8 Å². The van der Waals surface area contributed by atoms with E-state index in [2.05, 4.69) is 10.2 Å². The summed E-state index contributed by atoms with van der Waals surface area (Å²) in [5, 5.41) is 5.66. The average molecular weight is 480 g/mol. The molecule has 0 aliphatic carbocycles. The Bertz CT molecular complexity index is 1010. The Labute approximate surface area is 197 Å². The zero-order valence-corrected chi connectivity index (χ0v) is 19.9. The minimum atomic E-state index is 0.171. The van der Waals surface area contributed by atoms with Gasteiger partial charge in [-0.3, -0.25) is 4.79 Å². The number of nitrogens with zero attached hydrogens (tertiary/aromatic N) is 2. The summed E-state index contributed by atoms with van der Waals surface area (Å²) in [7, 11) is 1.65. The molecule has 0 aliphatic rings. The maximum atomic E-state index is 12.4. The summed E-state index contributed by atoms with van der Waals surface area (Å²) in [4.78, 5) is 19.3. The third kappa shape index (κ3) is 6.62. The van der Waals surface area contributed by atoms with Crippen LogP contribution in [0.5, 0.6) is 5.75 Å². The third-order valence-corrected chi connectivity index (χ3v) is 6.24. The number of anilines is 1. The van der Waals surface area contributed by atoms with Crippen molar-refractivity contribution in [2.75, 3.05) is 56.1 Å². The smallest absolute Gasteiger partial charge is 0.190 e. The molecule has 0 spiro atoms. The second-order valence-corrected chi connectivity index (χ2v) is 8.91. The predicted octanol–water partition coefficient (Wildman–Crippen LogP) is 5.24. The van der Waals surface area contributed by atoms with E-state index in [4.69, 9.17) is 32.9 Å². The Balaban J connectivity index is 1.64. The van der Waals surface area contributed by atoms with Gasteiger partial charge in [0.25, 0.3) is 0 Å². The van der Waals surface area contributed by atoms with Crippen LogP contribution in [0.15, 0.2) is 42.5 Å². The second-order valence-electron chi connectivity index (χ2n) is 7.00. The Morgan fingerprint density at radius 1 is 1.06 bits per heavy atom. The van der Waals surface area contributed by atoms with Crippen LogP contribution in [0.2, 0.25) is 0 Å². The van der Waals surface area contributed by atoms with Crippen LogP contribution < -0.4 is 10.1 Å². The van der Waals surface area contributed by atoms with E-state index in [0.29, 0.717) is 24.7 Å². The lowest BCUT2D eigenvalue weighted by Crippen LogP contribution is -2.30. The molecule has 8 heteroatoms. The topological polar surface area (TPSA) is 54.5 Å². The van der Waals surface area contributed by atoms with Crippen molar-refractivity contribution in [3.63, 3.8) is 0 Å². The highest BCUT2D eigenvalue weighted by atomic mass is 35.5. The predicted molar refractivity (Wildman–Crippen MR) is 134 cm³/mol. The highest BCUT2D eigenvalue weighted by molar-refractivity contribution is 8.13. The van der Waals surface area contributed by atoms with Gasteiger partial charge < -0.3 is 15.0 Å². The van der Waals surface area contributed by atoms with Crippen LogP contribution in [0.4, 0.5) is 5.69 Å². The highest BCUT2D eigenvalue weighted by Gasteiger charge is 2.11. The quantitative estimate of drug-likeness (QED) is 0.283. The molecule has 3 aromatic rings. The SMILES string of the molecule is COc1ccc2nc3ccccc3c(NCCC(=O)SCCN(CCCl)CCCl)c2c1. The number of alkyl halides is 2. The summed E-state index contributed by atoms with van der Waals surface area (Å²) in [5.74, 6) is 2.65. The fourth-order valence-electron chi connectivity index (χ4n) is 3.41. The van der Waals surface area contributed by atoms with E-state index in [0.717, 1.165) is 58.6 Å². The monoisotopic (exact) mass is 479 g/mol. The maximum absolute atomic E-state index is 12.4. The van der Waals surface area contributed by atoms with E-state index in [9.17, 15) is 4.79 Å². The molecular formula is C23H27Cl2N3O2S. The van der Waals surface area contributed by atoms with Crippen molar-refractivity contribution in [3.8, 4) is 5.75 Å². The summed E-state index contributed by atoms with van der Waals surface area (Å²) in [6.45, 7) is 2.94. The number of methoxy groups -OCH3 is 1. The number of rotatable bonds is 12. The first kappa shape index (κ1) is 23.9. The summed E-state index contributed by atoms with van der Waals surface area (Å²) < 4.78 is 5.40. The van der Waals surface area contributed by atoms with E-state index >= 15 is 0 Å². The number of aromatic nitrogens is 1. The van der Waals surface area contributed by atoms with Gasteiger partial charge in [-0.2, -0.15) is 0 Å². The summed E-state index contributed by atoms with van der Waals surface area (Å²) in [6, 6.07) is 13.9. The minimum Gasteiger partial charge on any atom is -0.497 e. The van der Waals surface area contributed by atoms with Crippen molar-refractivity contribution < 1.29 is 9.53 Å². The Hall–Kier alpha value is -1.73. The Morgan fingerprint density at radius 3 is 2.55 bits per heavy atom.